The van der Waals surface area contributed by atoms with Crippen LogP contribution in [0.15, 0.2) is 84.9 Å². The van der Waals surface area contributed by atoms with Gasteiger partial charge in [-0.15, -0.1) is 0 Å². The third-order valence-electron chi connectivity index (χ3n) is 6.95. The van der Waals surface area contributed by atoms with E-state index in [2.05, 4.69) is 17.6 Å². The Labute approximate surface area is 223 Å². The second kappa shape index (κ2) is 12.0. The Morgan fingerprint density at radius 1 is 0.895 bits per heavy atom. The first-order valence-corrected chi connectivity index (χ1v) is 13.0. The van der Waals surface area contributed by atoms with Crippen LogP contribution in [0.25, 0.3) is 0 Å². The van der Waals surface area contributed by atoms with Crippen molar-refractivity contribution < 1.29 is 24.2 Å². The van der Waals surface area contributed by atoms with Crippen molar-refractivity contribution in [2.24, 2.45) is 11.8 Å². The topological polar surface area (TPSA) is 105 Å². The number of hydrogen-bond acceptors (Lipinski definition) is 5. The second-order valence-electron chi connectivity index (χ2n) is 9.93. The third kappa shape index (κ3) is 6.11. The van der Waals surface area contributed by atoms with E-state index in [1.165, 1.54) is 6.92 Å². The SMILES string of the molecule is CCCCOc1ccccc1C1C(C(=O)Nc2ccccc2)C(=O)CC(C)(O)C1C(=O)Nc1ccccc1. The van der Waals surface area contributed by atoms with Crippen molar-refractivity contribution in [2.75, 3.05) is 17.2 Å². The zero-order chi connectivity index (χ0) is 27.1. The van der Waals surface area contributed by atoms with Crippen molar-refractivity contribution in [1.82, 2.24) is 0 Å². The molecule has 0 saturated heterocycles. The number of carbonyl (C=O) groups excluding carboxylic acids is 3. The molecule has 198 valence electrons. The molecule has 38 heavy (non-hydrogen) atoms. The molecule has 0 radical (unpaired) electrons. The summed E-state index contributed by atoms with van der Waals surface area (Å²) in [6.07, 6.45) is 1.43. The predicted molar refractivity (Wildman–Crippen MR) is 147 cm³/mol. The number of amides is 2. The molecule has 0 heterocycles. The normalized spacial score (nSPS) is 22.9. The Hall–Kier alpha value is -3.97. The molecule has 0 aromatic heterocycles. The molecule has 7 heteroatoms. The number of benzene rings is 3. The van der Waals surface area contributed by atoms with Gasteiger partial charge in [-0.05, 0) is 49.2 Å². The number of anilines is 2. The molecular weight excluding hydrogens is 480 g/mol. The molecule has 3 aromatic rings. The average molecular weight is 515 g/mol. The number of ether oxygens (including phenoxy) is 1. The summed E-state index contributed by atoms with van der Waals surface area (Å²) in [7, 11) is 0. The van der Waals surface area contributed by atoms with Gasteiger partial charge in [0.15, 0.2) is 0 Å². The van der Waals surface area contributed by atoms with Crippen molar-refractivity contribution in [1.29, 1.82) is 0 Å². The number of Topliss-reactive ketones (excluding diaryl/α,β-unsaturated/α-hetero) is 1. The maximum absolute atomic E-state index is 13.8. The summed E-state index contributed by atoms with van der Waals surface area (Å²) in [6.45, 7) is 3.99. The molecule has 3 N–H and O–H groups in total. The van der Waals surface area contributed by atoms with Crippen molar-refractivity contribution >= 4 is 29.0 Å². The number of hydrogen-bond donors (Lipinski definition) is 3. The molecule has 7 nitrogen and oxygen atoms in total. The van der Waals surface area contributed by atoms with Gasteiger partial charge in [-0.3, -0.25) is 14.4 Å². The van der Waals surface area contributed by atoms with E-state index in [0.717, 1.165) is 12.8 Å². The molecule has 1 aliphatic carbocycles. The molecule has 1 aliphatic rings. The van der Waals surface area contributed by atoms with Crippen molar-refractivity contribution in [3.05, 3.63) is 90.5 Å². The molecule has 0 bridgehead atoms. The standard InChI is InChI=1S/C31H34N2O5/c1-3-4-19-38-25-18-12-11-17-23(25)26-27(29(35)32-21-13-7-5-8-14-21)24(34)20-31(2,37)28(26)30(36)33-22-15-9-6-10-16-22/h5-18,26-28,37H,3-4,19-20H2,1-2H3,(H,32,35)(H,33,36). The number of ketones is 1. The minimum Gasteiger partial charge on any atom is -0.493 e. The van der Waals surface area contributed by atoms with Crippen LogP contribution >= 0.6 is 0 Å². The Kier molecular flexibility index (Phi) is 8.59. The zero-order valence-electron chi connectivity index (χ0n) is 21.7. The molecule has 3 aromatic carbocycles. The van der Waals surface area contributed by atoms with Crippen LogP contribution in [0, 0.1) is 11.8 Å². The minimum absolute atomic E-state index is 0.331. The van der Waals surface area contributed by atoms with E-state index in [1.807, 2.05) is 18.2 Å². The van der Waals surface area contributed by atoms with Gasteiger partial charge in [-0.1, -0.05) is 67.9 Å². The van der Waals surface area contributed by atoms with Crippen molar-refractivity contribution in [2.45, 2.75) is 44.6 Å². The fraction of sp³-hybridized carbons (Fsp3) is 0.323. The summed E-state index contributed by atoms with van der Waals surface area (Å²) in [4.78, 5) is 41.0. The highest BCUT2D eigenvalue weighted by Gasteiger charge is 2.56. The van der Waals surface area contributed by atoms with Crippen LogP contribution in [0.1, 0.15) is 44.6 Å². The number of carbonyl (C=O) groups is 3. The molecule has 4 unspecified atom stereocenters. The van der Waals surface area contributed by atoms with Gasteiger partial charge in [-0.2, -0.15) is 0 Å². The molecule has 2 amide bonds. The summed E-state index contributed by atoms with van der Waals surface area (Å²) in [6, 6.07) is 24.9. The first-order valence-electron chi connectivity index (χ1n) is 13.0. The Bertz CT molecular complexity index is 1260. The van der Waals surface area contributed by atoms with Gasteiger partial charge in [-0.25, -0.2) is 0 Å². The molecule has 0 spiro atoms. The van der Waals surface area contributed by atoms with Crippen LogP contribution in [-0.4, -0.2) is 34.9 Å². The van der Waals surface area contributed by atoms with Crippen LogP contribution in [-0.2, 0) is 14.4 Å². The fourth-order valence-electron chi connectivity index (χ4n) is 5.16. The van der Waals surface area contributed by atoms with Crippen molar-refractivity contribution in [3.8, 4) is 5.75 Å². The lowest BCUT2D eigenvalue weighted by Crippen LogP contribution is -2.56. The maximum atomic E-state index is 13.8. The second-order valence-corrected chi connectivity index (χ2v) is 9.93. The Balaban J connectivity index is 1.80. The van der Waals surface area contributed by atoms with Crippen LogP contribution in [0.2, 0.25) is 0 Å². The quantitative estimate of drug-likeness (QED) is 0.270. The lowest BCUT2D eigenvalue weighted by Gasteiger charge is -2.44. The third-order valence-corrected chi connectivity index (χ3v) is 6.95. The summed E-state index contributed by atoms with van der Waals surface area (Å²) in [5.74, 6) is -4.22. The van der Waals surface area contributed by atoms with E-state index < -0.39 is 41.0 Å². The van der Waals surface area contributed by atoms with Crippen LogP contribution in [0.3, 0.4) is 0 Å². The van der Waals surface area contributed by atoms with Crippen LogP contribution < -0.4 is 15.4 Å². The van der Waals surface area contributed by atoms with Crippen LogP contribution in [0.4, 0.5) is 11.4 Å². The highest BCUT2D eigenvalue weighted by molar-refractivity contribution is 6.10. The first-order chi connectivity index (χ1) is 18.3. The van der Waals surface area contributed by atoms with Crippen molar-refractivity contribution in [3.63, 3.8) is 0 Å². The highest BCUT2D eigenvalue weighted by Crippen LogP contribution is 2.48. The number of unbranched alkanes of at least 4 members (excludes halogenated alkanes) is 1. The zero-order valence-corrected chi connectivity index (χ0v) is 21.7. The lowest BCUT2D eigenvalue weighted by atomic mass is 9.61. The molecule has 1 saturated carbocycles. The highest BCUT2D eigenvalue weighted by atomic mass is 16.5. The number of para-hydroxylation sites is 3. The Morgan fingerprint density at radius 2 is 1.45 bits per heavy atom. The molecule has 0 aliphatic heterocycles. The van der Waals surface area contributed by atoms with E-state index in [9.17, 15) is 19.5 Å². The summed E-state index contributed by atoms with van der Waals surface area (Å²) >= 11 is 0. The van der Waals surface area contributed by atoms with Gasteiger partial charge in [0.1, 0.15) is 17.5 Å². The van der Waals surface area contributed by atoms with E-state index >= 15 is 0 Å². The smallest absolute Gasteiger partial charge is 0.235 e. The largest absolute Gasteiger partial charge is 0.493 e. The van der Waals surface area contributed by atoms with Gasteiger partial charge < -0.3 is 20.5 Å². The maximum Gasteiger partial charge on any atom is 0.235 e. The van der Waals surface area contributed by atoms with Gasteiger partial charge in [0.25, 0.3) is 0 Å². The van der Waals surface area contributed by atoms with Crippen LogP contribution in [0.5, 0.6) is 5.75 Å². The van der Waals surface area contributed by atoms with E-state index in [1.54, 1.807) is 66.7 Å². The number of nitrogens with one attached hydrogen (secondary N) is 2. The Morgan fingerprint density at radius 3 is 2.05 bits per heavy atom. The molecule has 4 atom stereocenters. The van der Waals surface area contributed by atoms with E-state index in [-0.39, 0.29) is 6.42 Å². The van der Waals surface area contributed by atoms with E-state index in [4.69, 9.17) is 4.74 Å². The minimum atomic E-state index is -1.69. The summed E-state index contributed by atoms with van der Waals surface area (Å²) in [5, 5.41) is 17.2. The first kappa shape index (κ1) is 27.1. The monoisotopic (exact) mass is 514 g/mol. The lowest BCUT2D eigenvalue weighted by molar-refractivity contribution is -0.150. The van der Waals surface area contributed by atoms with Gasteiger partial charge in [0, 0.05) is 23.7 Å². The van der Waals surface area contributed by atoms with E-state index in [0.29, 0.717) is 29.3 Å². The summed E-state index contributed by atoms with van der Waals surface area (Å²) in [5.41, 5.74) is -0.0556. The predicted octanol–water partition coefficient (Wildman–Crippen LogP) is 5.18. The van der Waals surface area contributed by atoms with Gasteiger partial charge in [0.2, 0.25) is 11.8 Å². The molecular formula is C31H34N2O5. The average Bonchev–Trinajstić information content (AvgIpc) is 2.89. The number of aliphatic hydroxyl groups is 1. The molecule has 1 fully saturated rings. The number of rotatable bonds is 9. The fourth-order valence-corrected chi connectivity index (χ4v) is 5.16. The summed E-state index contributed by atoms with van der Waals surface area (Å²) < 4.78 is 6.07. The van der Waals surface area contributed by atoms with Gasteiger partial charge in [0.05, 0.1) is 18.1 Å². The van der Waals surface area contributed by atoms with Gasteiger partial charge >= 0.3 is 0 Å². The molecule has 4 rings (SSSR count).